The second-order valence-electron chi connectivity index (χ2n) is 3.80. The maximum atomic E-state index is 5.95. The summed E-state index contributed by atoms with van der Waals surface area (Å²) in [6.45, 7) is 0.321. The topological polar surface area (TPSA) is 69.6 Å². The monoisotopic (exact) mass is 259 g/mol. The number of nitrogens with two attached hydrogens (primary N) is 1. The Morgan fingerprint density at radius 2 is 2.11 bits per heavy atom. The van der Waals surface area contributed by atoms with Crippen molar-refractivity contribution in [1.29, 1.82) is 0 Å². The van der Waals surface area contributed by atoms with E-state index >= 15 is 0 Å². The highest BCUT2D eigenvalue weighted by Gasteiger charge is 2.06. The molecule has 0 bridgehead atoms. The molecule has 1 aromatic carbocycles. The van der Waals surface area contributed by atoms with Crippen molar-refractivity contribution in [2.45, 2.75) is 6.54 Å². The summed E-state index contributed by atoms with van der Waals surface area (Å²) in [4.78, 5) is 8.40. The number of hydrogen-bond donors (Lipinski definition) is 1. The normalized spacial score (nSPS) is 11.0. The van der Waals surface area contributed by atoms with Gasteiger partial charge in [0.1, 0.15) is 6.33 Å². The maximum absolute atomic E-state index is 5.95. The fourth-order valence-electron chi connectivity index (χ4n) is 1.81. The van der Waals surface area contributed by atoms with Gasteiger partial charge in [-0.25, -0.2) is 9.67 Å². The van der Waals surface area contributed by atoms with E-state index in [2.05, 4.69) is 15.1 Å². The van der Waals surface area contributed by atoms with Crippen LogP contribution in [0.4, 0.5) is 0 Å². The van der Waals surface area contributed by atoms with Crippen molar-refractivity contribution in [1.82, 2.24) is 19.7 Å². The van der Waals surface area contributed by atoms with Gasteiger partial charge in [-0.2, -0.15) is 0 Å². The number of nitrogens with zero attached hydrogens (tertiary/aromatic N) is 4. The second kappa shape index (κ2) is 4.36. The molecule has 0 atom stereocenters. The van der Waals surface area contributed by atoms with Crippen molar-refractivity contribution >= 4 is 22.5 Å². The Labute approximate surface area is 108 Å². The molecule has 0 saturated heterocycles. The van der Waals surface area contributed by atoms with Crippen LogP contribution in [0.5, 0.6) is 0 Å². The Hall–Kier alpha value is -1.98. The van der Waals surface area contributed by atoms with E-state index in [9.17, 15) is 0 Å². The molecule has 18 heavy (non-hydrogen) atoms. The van der Waals surface area contributed by atoms with Gasteiger partial charge in [0.15, 0.2) is 5.82 Å². The van der Waals surface area contributed by atoms with E-state index < -0.39 is 0 Å². The molecule has 0 saturated carbocycles. The van der Waals surface area contributed by atoms with Crippen molar-refractivity contribution in [3.8, 4) is 5.69 Å². The Bertz CT molecular complexity index is 707. The minimum absolute atomic E-state index is 0.321. The molecule has 0 spiro atoms. The predicted molar refractivity (Wildman–Crippen MR) is 69.6 cm³/mol. The van der Waals surface area contributed by atoms with Gasteiger partial charge in [-0.3, -0.25) is 4.98 Å². The third-order valence-electron chi connectivity index (χ3n) is 2.65. The van der Waals surface area contributed by atoms with Crippen molar-refractivity contribution < 1.29 is 0 Å². The molecule has 0 unspecified atom stereocenters. The van der Waals surface area contributed by atoms with E-state index in [0.717, 1.165) is 16.6 Å². The van der Waals surface area contributed by atoms with Crippen molar-refractivity contribution in [3.63, 3.8) is 0 Å². The summed E-state index contributed by atoms with van der Waals surface area (Å²) in [5, 5.41) is 5.92. The number of fused-ring (bicyclic) bond motifs is 1. The lowest BCUT2D eigenvalue weighted by atomic mass is 10.2. The van der Waals surface area contributed by atoms with E-state index in [1.165, 1.54) is 0 Å². The summed E-state index contributed by atoms with van der Waals surface area (Å²) in [5.41, 5.74) is 7.24. The van der Waals surface area contributed by atoms with Crippen LogP contribution in [-0.4, -0.2) is 19.7 Å². The molecule has 0 radical (unpaired) electrons. The summed E-state index contributed by atoms with van der Waals surface area (Å²) in [6, 6.07) is 7.45. The fraction of sp³-hybridized carbons (Fsp3) is 0.0833. The highest BCUT2D eigenvalue weighted by atomic mass is 35.5. The van der Waals surface area contributed by atoms with Crippen LogP contribution in [0.1, 0.15) is 5.82 Å². The molecule has 6 heteroatoms. The molecule has 90 valence electrons. The molecule has 0 aliphatic rings. The molecule has 2 N–H and O–H groups in total. The summed E-state index contributed by atoms with van der Waals surface area (Å²) in [6.07, 6.45) is 3.36. The largest absolute Gasteiger partial charge is 0.324 e. The molecule has 0 fully saturated rings. The van der Waals surface area contributed by atoms with Gasteiger partial charge < -0.3 is 5.73 Å². The number of aromatic nitrogens is 4. The van der Waals surface area contributed by atoms with Gasteiger partial charge in [-0.1, -0.05) is 11.6 Å². The molecule has 0 aliphatic heterocycles. The zero-order valence-corrected chi connectivity index (χ0v) is 10.2. The Morgan fingerprint density at radius 1 is 1.22 bits per heavy atom. The third kappa shape index (κ3) is 1.83. The van der Waals surface area contributed by atoms with E-state index in [1.807, 2.05) is 24.3 Å². The molecule has 5 nitrogen and oxygen atoms in total. The molecular weight excluding hydrogens is 250 g/mol. The molecule has 3 aromatic rings. The van der Waals surface area contributed by atoms with Crippen molar-refractivity contribution in [2.24, 2.45) is 5.73 Å². The van der Waals surface area contributed by atoms with Gasteiger partial charge in [-0.05, 0) is 24.3 Å². The zero-order valence-electron chi connectivity index (χ0n) is 9.42. The molecular formula is C12H10ClN5. The minimum atomic E-state index is 0.321. The average Bonchev–Trinajstić information content (AvgIpc) is 2.86. The smallest absolute Gasteiger partial charge is 0.164 e. The maximum Gasteiger partial charge on any atom is 0.164 e. The average molecular weight is 260 g/mol. The summed E-state index contributed by atoms with van der Waals surface area (Å²) in [7, 11) is 0. The predicted octanol–water partition coefficient (Wildman–Crippen LogP) is 1.93. The van der Waals surface area contributed by atoms with E-state index in [0.29, 0.717) is 17.4 Å². The van der Waals surface area contributed by atoms with E-state index in [1.54, 1.807) is 17.2 Å². The standard InChI is InChI=1S/C12H10ClN5/c13-8-1-2-9-10(5-8)15-4-3-11(9)18-7-16-12(6-14)17-18/h1-5,7H,6,14H2. The fourth-order valence-corrected chi connectivity index (χ4v) is 1.98. The molecule has 2 heterocycles. The molecule has 0 amide bonds. The van der Waals surface area contributed by atoms with Crippen LogP contribution in [0, 0.1) is 0 Å². The van der Waals surface area contributed by atoms with Gasteiger partial charge in [-0.15, -0.1) is 5.10 Å². The Morgan fingerprint density at radius 3 is 2.89 bits per heavy atom. The van der Waals surface area contributed by atoms with Gasteiger partial charge in [0, 0.05) is 16.6 Å². The lowest BCUT2D eigenvalue weighted by Crippen LogP contribution is -2.01. The van der Waals surface area contributed by atoms with E-state index in [-0.39, 0.29) is 0 Å². The second-order valence-corrected chi connectivity index (χ2v) is 4.24. The number of pyridine rings is 1. The molecule has 0 aliphatic carbocycles. The van der Waals surface area contributed by atoms with Gasteiger partial charge in [0.05, 0.1) is 17.7 Å². The first kappa shape index (κ1) is 11.1. The Kier molecular flexibility index (Phi) is 2.70. The highest BCUT2D eigenvalue weighted by molar-refractivity contribution is 6.31. The zero-order chi connectivity index (χ0) is 12.5. The van der Waals surface area contributed by atoms with Crippen LogP contribution in [0.2, 0.25) is 5.02 Å². The first-order valence-corrected chi connectivity index (χ1v) is 5.81. The van der Waals surface area contributed by atoms with Crippen LogP contribution in [0.25, 0.3) is 16.6 Å². The summed E-state index contributed by atoms with van der Waals surface area (Å²) in [5.74, 6) is 0.605. The third-order valence-corrected chi connectivity index (χ3v) is 2.89. The Balaban J connectivity index is 2.22. The van der Waals surface area contributed by atoms with Crippen LogP contribution >= 0.6 is 11.6 Å². The molecule has 3 rings (SSSR count). The molecule has 2 aromatic heterocycles. The van der Waals surface area contributed by atoms with Gasteiger partial charge in [0.2, 0.25) is 0 Å². The lowest BCUT2D eigenvalue weighted by molar-refractivity contribution is 0.834. The quantitative estimate of drug-likeness (QED) is 0.763. The van der Waals surface area contributed by atoms with Gasteiger partial charge in [0.25, 0.3) is 0 Å². The highest BCUT2D eigenvalue weighted by Crippen LogP contribution is 2.22. The first-order chi connectivity index (χ1) is 8.78. The number of halogens is 1. The van der Waals surface area contributed by atoms with Crippen molar-refractivity contribution in [2.75, 3.05) is 0 Å². The van der Waals surface area contributed by atoms with Crippen LogP contribution in [-0.2, 0) is 6.54 Å². The summed E-state index contributed by atoms with van der Waals surface area (Å²) >= 11 is 5.95. The van der Waals surface area contributed by atoms with Crippen LogP contribution < -0.4 is 5.73 Å². The number of rotatable bonds is 2. The minimum Gasteiger partial charge on any atom is -0.324 e. The SMILES string of the molecule is NCc1ncn(-c2ccnc3cc(Cl)ccc23)n1. The van der Waals surface area contributed by atoms with Crippen LogP contribution in [0.3, 0.4) is 0 Å². The number of benzene rings is 1. The summed E-state index contributed by atoms with van der Waals surface area (Å²) < 4.78 is 1.69. The van der Waals surface area contributed by atoms with Crippen molar-refractivity contribution in [3.05, 3.63) is 47.6 Å². The number of hydrogen-bond acceptors (Lipinski definition) is 4. The lowest BCUT2D eigenvalue weighted by Gasteiger charge is -2.05. The first-order valence-electron chi connectivity index (χ1n) is 5.43. The van der Waals surface area contributed by atoms with Crippen LogP contribution in [0.15, 0.2) is 36.8 Å². The van der Waals surface area contributed by atoms with Gasteiger partial charge >= 0.3 is 0 Å². The van der Waals surface area contributed by atoms with E-state index in [4.69, 9.17) is 17.3 Å².